The van der Waals surface area contributed by atoms with Crippen LogP contribution < -0.4 is 15.6 Å². The van der Waals surface area contributed by atoms with Crippen LogP contribution in [0.5, 0.6) is 5.75 Å². The van der Waals surface area contributed by atoms with Crippen LogP contribution in [0.4, 0.5) is 5.82 Å². The molecule has 172 valence electrons. The Labute approximate surface area is 193 Å². The lowest BCUT2D eigenvalue weighted by Gasteiger charge is -2.51. The van der Waals surface area contributed by atoms with E-state index in [-0.39, 0.29) is 34.5 Å². The lowest BCUT2D eigenvalue weighted by Crippen LogP contribution is -2.49. The van der Waals surface area contributed by atoms with Crippen molar-refractivity contribution in [2.24, 2.45) is 24.3 Å². The van der Waals surface area contributed by atoms with E-state index in [9.17, 15) is 14.4 Å². The molecule has 6 nitrogen and oxygen atoms in total. The van der Waals surface area contributed by atoms with Crippen molar-refractivity contribution < 1.29 is 14.3 Å². The number of aromatic nitrogens is 1. The first-order chi connectivity index (χ1) is 15.6. The molecule has 0 bridgehead atoms. The smallest absolute Gasteiger partial charge is 0.259 e. The minimum atomic E-state index is -0.214. The maximum Gasteiger partial charge on any atom is 0.259 e. The van der Waals surface area contributed by atoms with Crippen molar-refractivity contribution in [1.29, 1.82) is 0 Å². The standard InChI is InChI=1S/C27H30N2O4/c1-16(30)22-13-18(27(22,2)3)14-23(31)28-25-24(17-9-7-6-8-10-17)21-15-19(33-5)11-12-20(21)26(32)29(25)4/h6-12,15,18,22H,13-14H2,1-5H3,(H,28,31)/t18-,22+/m0/s1. The summed E-state index contributed by atoms with van der Waals surface area (Å²) in [5.74, 6) is 1.21. The molecule has 0 saturated heterocycles. The number of benzene rings is 2. The van der Waals surface area contributed by atoms with Gasteiger partial charge >= 0.3 is 0 Å². The summed E-state index contributed by atoms with van der Waals surface area (Å²) in [5.41, 5.74) is 1.26. The van der Waals surface area contributed by atoms with Gasteiger partial charge in [0.05, 0.1) is 7.11 Å². The Morgan fingerprint density at radius 3 is 2.42 bits per heavy atom. The van der Waals surface area contributed by atoms with E-state index in [4.69, 9.17) is 4.74 Å². The molecule has 0 radical (unpaired) electrons. The summed E-state index contributed by atoms with van der Waals surface area (Å²) in [6, 6.07) is 15.1. The summed E-state index contributed by atoms with van der Waals surface area (Å²) in [6.45, 7) is 5.72. The van der Waals surface area contributed by atoms with E-state index in [0.29, 0.717) is 23.4 Å². The minimum absolute atomic E-state index is 0.00679. The average molecular weight is 447 g/mol. The normalized spacial score (nSPS) is 19.1. The third kappa shape index (κ3) is 3.94. The molecule has 1 aliphatic rings. The fraction of sp³-hybridized carbons (Fsp3) is 0.370. The lowest BCUT2D eigenvalue weighted by molar-refractivity contribution is -0.139. The molecular weight excluding hydrogens is 416 g/mol. The molecule has 1 amide bonds. The maximum absolute atomic E-state index is 13.2. The number of amides is 1. The van der Waals surface area contributed by atoms with Crippen molar-refractivity contribution in [2.75, 3.05) is 12.4 Å². The van der Waals surface area contributed by atoms with Crippen molar-refractivity contribution in [3.05, 3.63) is 58.9 Å². The highest BCUT2D eigenvalue weighted by molar-refractivity contribution is 6.05. The molecule has 0 aliphatic heterocycles. The van der Waals surface area contributed by atoms with Crippen LogP contribution in [0, 0.1) is 17.3 Å². The molecule has 6 heteroatoms. The van der Waals surface area contributed by atoms with Gasteiger partial charge < -0.3 is 10.1 Å². The number of carbonyl (C=O) groups excluding carboxylic acids is 2. The Balaban J connectivity index is 1.77. The fourth-order valence-corrected chi connectivity index (χ4v) is 5.12. The fourth-order valence-electron chi connectivity index (χ4n) is 5.12. The SMILES string of the molecule is COc1ccc2c(=O)n(C)c(NC(=O)C[C@@H]3C[C@H](C(C)=O)C3(C)C)c(-c3ccccc3)c2c1. The predicted octanol–water partition coefficient (Wildman–Crippen LogP) is 4.79. The first-order valence-electron chi connectivity index (χ1n) is 11.2. The average Bonchev–Trinajstić information content (AvgIpc) is 2.79. The van der Waals surface area contributed by atoms with Gasteiger partial charge in [0.15, 0.2) is 0 Å². The topological polar surface area (TPSA) is 77.4 Å². The van der Waals surface area contributed by atoms with Gasteiger partial charge in [0.25, 0.3) is 5.56 Å². The van der Waals surface area contributed by atoms with Crippen LogP contribution in [0.25, 0.3) is 21.9 Å². The van der Waals surface area contributed by atoms with E-state index in [0.717, 1.165) is 22.9 Å². The molecule has 0 spiro atoms. The summed E-state index contributed by atoms with van der Waals surface area (Å²) >= 11 is 0. The zero-order valence-electron chi connectivity index (χ0n) is 19.8. The first-order valence-corrected chi connectivity index (χ1v) is 11.2. The van der Waals surface area contributed by atoms with Gasteiger partial charge in [-0.25, -0.2) is 0 Å². The van der Waals surface area contributed by atoms with Crippen LogP contribution in [-0.4, -0.2) is 23.4 Å². The van der Waals surface area contributed by atoms with Crippen LogP contribution in [0.1, 0.15) is 33.6 Å². The molecular formula is C27H30N2O4. The van der Waals surface area contributed by atoms with Crippen LogP contribution >= 0.6 is 0 Å². The molecule has 1 heterocycles. The van der Waals surface area contributed by atoms with Gasteiger partial charge in [-0.05, 0) is 48.4 Å². The summed E-state index contributed by atoms with van der Waals surface area (Å²) < 4.78 is 6.91. The maximum atomic E-state index is 13.2. The zero-order chi connectivity index (χ0) is 23.9. The summed E-state index contributed by atoms with van der Waals surface area (Å²) in [6.07, 6.45) is 1.02. The largest absolute Gasteiger partial charge is 0.497 e. The number of carbonyl (C=O) groups is 2. The van der Waals surface area contributed by atoms with E-state index in [1.54, 1.807) is 33.2 Å². The summed E-state index contributed by atoms with van der Waals surface area (Å²) in [4.78, 5) is 38.2. The lowest BCUT2D eigenvalue weighted by atomic mass is 9.52. The van der Waals surface area contributed by atoms with Gasteiger partial charge in [0.2, 0.25) is 5.91 Å². The van der Waals surface area contributed by atoms with Crippen molar-refractivity contribution in [1.82, 2.24) is 4.57 Å². The monoisotopic (exact) mass is 446 g/mol. The molecule has 1 aliphatic carbocycles. The number of pyridine rings is 1. The second-order valence-electron chi connectivity index (χ2n) is 9.53. The molecule has 0 unspecified atom stereocenters. The van der Waals surface area contributed by atoms with Crippen molar-refractivity contribution >= 4 is 28.3 Å². The first kappa shape index (κ1) is 22.8. The number of rotatable bonds is 6. The second kappa shape index (κ2) is 8.50. The summed E-state index contributed by atoms with van der Waals surface area (Å²) in [7, 11) is 3.26. The number of Topliss-reactive ketones (excluding diaryl/α,β-unsaturated/α-hetero) is 1. The third-order valence-electron chi connectivity index (χ3n) is 7.32. The Kier molecular flexibility index (Phi) is 5.87. The van der Waals surface area contributed by atoms with Crippen molar-refractivity contribution in [3.63, 3.8) is 0 Å². The molecule has 1 fully saturated rings. The quantitative estimate of drug-likeness (QED) is 0.590. The van der Waals surface area contributed by atoms with Gasteiger partial charge in [-0.15, -0.1) is 0 Å². The number of methoxy groups -OCH3 is 1. The van der Waals surface area contributed by atoms with Crippen LogP contribution in [0.2, 0.25) is 0 Å². The van der Waals surface area contributed by atoms with Crippen molar-refractivity contribution in [3.8, 4) is 16.9 Å². The Bertz CT molecular complexity index is 1290. The number of fused-ring (bicyclic) bond motifs is 1. The highest BCUT2D eigenvalue weighted by Crippen LogP contribution is 2.53. The highest BCUT2D eigenvalue weighted by atomic mass is 16.5. The Morgan fingerprint density at radius 1 is 1.12 bits per heavy atom. The van der Waals surface area contributed by atoms with Gasteiger partial charge in [-0.1, -0.05) is 44.2 Å². The molecule has 2 aromatic carbocycles. The van der Waals surface area contributed by atoms with Crippen LogP contribution in [0.3, 0.4) is 0 Å². The molecule has 2 atom stereocenters. The third-order valence-corrected chi connectivity index (χ3v) is 7.32. The van der Waals surface area contributed by atoms with E-state index in [1.807, 2.05) is 50.2 Å². The number of hydrogen-bond donors (Lipinski definition) is 1. The van der Waals surface area contributed by atoms with Crippen molar-refractivity contribution in [2.45, 2.75) is 33.6 Å². The van der Waals surface area contributed by atoms with E-state index in [1.165, 1.54) is 4.57 Å². The Hall–Kier alpha value is -3.41. The van der Waals surface area contributed by atoms with Gasteiger partial charge in [0, 0.05) is 35.7 Å². The second-order valence-corrected chi connectivity index (χ2v) is 9.53. The van der Waals surface area contributed by atoms with Crippen LogP contribution in [-0.2, 0) is 16.6 Å². The number of anilines is 1. The number of ketones is 1. The van der Waals surface area contributed by atoms with Gasteiger partial charge in [-0.3, -0.25) is 19.0 Å². The number of ether oxygens (including phenoxy) is 1. The minimum Gasteiger partial charge on any atom is -0.497 e. The predicted molar refractivity (Wildman–Crippen MR) is 130 cm³/mol. The molecule has 3 aromatic rings. The zero-order valence-corrected chi connectivity index (χ0v) is 19.8. The molecule has 33 heavy (non-hydrogen) atoms. The molecule has 1 N–H and O–H groups in total. The molecule has 4 rings (SSSR count). The van der Waals surface area contributed by atoms with E-state index >= 15 is 0 Å². The van der Waals surface area contributed by atoms with Crippen LogP contribution in [0.15, 0.2) is 53.3 Å². The van der Waals surface area contributed by atoms with E-state index < -0.39 is 0 Å². The highest BCUT2D eigenvalue weighted by Gasteiger charge is 2.50. The Morgan fingerprint density at radius 2 is 1.82 bits per heavy atom. The number of nitrogens with one attached hydrogen (secondary N) is 1. The van der Waals surface area contributed by atoms with Gasteiger partial charge in [0.1, 0.15) is 17.4 Å². The molecule has 1 saturated carbocycles. The van der Waals surface area contributed by atoms with Gasteiger partial charge in [-0.2, -0.15) is 0 Å². The number of nitrogens with zero attached hydrogens (tertiary/aromatic N) is 1. The molecule has 1 aromatic heterocycles. The summed E-state index contributed by atoms with van der Waals surface area (Å²) in [5, 5.41) is 4.30. The van der Waals surface area contributed by atoms with E-state index in [2.05, 4.69) is 5.32 Å². The number of hydrogen-bond acceptors (Lipinski definition) is 4.